The van der Waals surface area contributed by atoms with E-state index in [1.54, 1.807) is 13.8 Å². The van der Waals surface area contributed by atoms with E-state index in [0.717, 1.165) is 48.9 Å². The smallest absolute Gasteiger partial charge is 1.00 e. The maximum atomic E-state index is 11.2. The van der Waals surface area contributed by atoms with Crippen LogP contribution in [0, 0.1) is 11.3 Å². The van der Waals surface area contributed by atoms with Crippen LogP contribution in [0.25, 0.3) is 10.2 Å². The van der Waals surface area contributed by atoms with Crippen molar-refractivity contribution in [2.75, 3.05) is 0 Å². The molecule has 115 heavy (non-hydrogen) atoms. The molecule has 0 spiro atoms. The molecule has 0 bridgehead atoms. The molecular formula is C84H101B5Br5K2N2NaO14PS. The maximum Gasteiger partial charge on any atom is 1.00 e. The summed E-state index contributed by atoms with van der Waals surface area (Å²) in [4.78, 5) is 27.1. The summed E-state index contributed by atoms with van der Waals surface area (Å²) in [5.74, 6) is 0.823. The Morgan fingerprint density at radius 1 is 0.522 bits per heavy atom. The number of ketones is 1. The van der Waals surface area contributed by atoms with Crippen LogP contribution < -0.4 is 180 Å². The number of nitriles is 1. The van der Waals surface area contributed by atoms with Gasteiger partial charge in [-0.2, -0.15) is 5.26 Å². The van der Waals surface area contributed by atoms with E-state index in [1.807, 2.05) is 153 Å². The fraction of sp³-hybridized carbons (Fsp3) is 0.381. The zero-order valence-corrected chi connectivity index (χ0v) is 88.1. The monoisotopic (exact) mass is 1980 g/mol. The molecule has 5 heterocycles. The van der Waals surface area contributed by atoms with Gasteiger partial charge in [-0.25, -0.2) is 4.98 Å². The molecule has 3 unspecified atom stereocenters. The number of carbonyl (C=O) groups is 2. The molecule has 4 aliphatic rings. The Kier molecular flexibility index (Phi) is 44.7. The number of hydrogen-bond donors (Lipinski definition) is 1. The SMILES string of the molecule is BrC(Br)(Br)Br.CC(=O)c1ccc(B2OC(C)(C)C(C)(C)O2)cc1.CC(Br)c1ccc(B2OC(C)(C)C(C)(C)O2)cc1.CC(O)c1ccc(B2OC(C)(C)C(C)(C)O2)cc1.CC(Oc1ccc2nc(C#N)sc2c1)c1ccc(B2OC(C)(C)C(C)(C)O2)cc1.O=CO[O-].[B].[H-].[H-].[K+].[K+].[Na+].c1ccc(P(c2ccccc2)c2ccccc2)cc1. The number of carbonyl (C=O) groups excluding carboxylic acids is 2. The molecule has 4 aliphatic heterocycles. The first kappa shape index (κ1) is 108. The summed E-state index contributed by atoms with van der Waals surface area (Å²) >= 11 is 17.4. The molecule has 1 aromatic heterocycles. The number of fused-ring (bicyclic) bond motifs is 1. The van der Waals surface area contributed by atoms with Gasteiger partial charge in [0.1, 0.15) is 17.9 Å². The fourth-order valence-corrected chi connectivity index (χ4v) is 14.4. The second kappa shape index (κ2) is 47.4. The largest absolute Gasteiger partial charge is 1.00 e. The van der Waals surface area contributed by atoms with Gasteiger partial charge in [-0.1, -0.05) is 204 Å². The number of hydrogen-bond acceptors (Lipinski definition) is 17. The van der Waals surface area contributed by atoms with E-state index in [0.29, 0.717) is 15.4 Å². The van der Waals surface area contributed by atoms with Crippen molar-refractivity contribution in [3.05, 3.63) is 234 Å². The van der Waals surface area contributed by atoms with Gasteiger partial charge in [0.05, 0.1) is 61.1 Å². The Bertz CT molecular complexity index is 4280. The Morgan fingerprint density at radius 2 is 0.800 bits per heavy atom. The van der Waals surface area contributed by atoms with E-state index in [4.69, 9.17) is 57.3 Å². The molecule has 13 rings (SSSR count). The van der Waals surface area contributed by atoms with Crippen molar-refractivity contribution < 1.29 is 202 Å². The molecule has 3 atom stereocenters. The van der Waals surface area contributed by atoms with Crippen molar-refractivity contribution in [2.45, 2.75) is 201 Å². The summed E-state index contributed by atoms with van der Waals surface area (Å²) in [7, 11) is -1.78. The van der Waals surface area contributed by atoms with Gasteiger partial charge in [-0.15, -0.1) is 11.3 Å². The number of aliphatic hydroxyl groups excluding tert-OH is 1. The number of Topliss-reactive ketones (excluding diaryl/α,β-unsaturated/α-hetero) is 1. The molecule has 9 aromatic rings. The van der Waals surface area contributed by atoms with Crippen molar-refractivity contribution in [1.29, 1.82) is 5.26 Å². The summed E-state index contributed by atoms with van der Waals surface area (Å²) in [5, 5.41) is 31.6. The fourth-order valence-electron chi connectivity index (χ4n) is 11.0. The van der Waals surface area contributed by atoms with Crippen molar-refractivity contribution >= 4 is 196 Å². The predicted molar refractivity (Wildman–Crippen MR) is 479 cm³/mol. The molecule has 1 N–H and O–H groups in total. The normalized spacial score (nSPS) is 17.7. The number of aromatic nitrogens is 1. The Morgan fingerprint density at radius 3 is 1.06 bits per heavy atom. The van der Waals surface area contributed by atoms with Crippen LogP contribution >= 0.6 is 98.9 Å². The minimum Gasteiger partial charge on any atom is -1.00 e. The van der Waals surface area contributed by atoms with Gasteiger partial charge in [0.25, 0.3) is 6.47 Å². The maximum absolute atomic E-state index is 11.2. The number of ether oxygens (including phenoxy) is 1. The quantitative estimate of drug-likeness (QED) is 0.0207. The predicted octanol–water partition coefficient (Wildman–Crippen LogP) is 8.19. The molecule has 16 nitrogen and oxygen atoms in total. The van der Waals surface area contributed by atoms with Crippen LogP contribution in [0.1, 0.15) is 190 Å². The number of nitrogens with zero attached hydrogens (tertiary/aromatic N) is 2. The Hall–Kier alpha value is -0.893. The summed E-state index contributed by atoms with van der Waals surface area (Å²) in [6.07, 6.45) is -0.569. The van der Waals surface area contributed by atoms with Gasteiger partial charge in [0.2, 0.25) is 0 Å². The number of alkyl halides is 5. The third-order valence-corrected chi connectivity index (χ3v) is 24.4. The van der Waals surface area contributed by atoms with Gasteiger partial charge in [0, 0.05) is 18.8 Å². The standard InChI is InChI=1S/C22H23BN2O3S.C18H15P.C14H20BBrO2.C14H21BO3.C14H19BO3.CBr4.CH2O3.B.2K.Na.2H/c1-14(26-17-10-11-18-19(12-17)29-20(13-24)25-18)15-6-8-16(9-7-15)23-27-21(2,3)22(4,5)28-23;1-4-10-16(11-5-1)19(17-12-6-2-7-13-17)18-14-8-3-9-15-18;3*1-10(16)11-6-8-12(9-7-11)15-17-13(2,3)14(4,5)18-15;2-1(3,4)5;2-1-4-3;;;;;;/h6-12,14H,1-5H3;1-15H;6-10H,1-5H3;6-10,16H,1-5H3;6-9H,1-5H3;;1,3H;;;;;;/q;;;;;;;;3*+1;2*-1/p-1. The van der Waals surface area contributed by atoms with Crippen LogP contribution in [-0.2, 0) is 46.9 Å². The summed E-state index contributed by atoms with van der Waals surface area (Å²) < 4.78 is 54.9. The molecule has 8 aromatic carbocycles. The summed E-state index contributed by atoms with van der Waals surface area (Å²) in [6, 6.07) is 71.8. The van der Waals surface area contributed by atoms with Crippen LogP contribution in [0.2, 0.25) is 0 Å². The van der Waals surface area contributed by atoms with Gasteiger partial charge in [-0.05, 0) is 283 Å². The Balaban J connectivity index is 0.000000711. The van der Waals surface area contributed by atoms with Crippen LogP contribution in [0.15, 0.2) is 206 Å². The van der Waals surface area contributed by atoms with Crippen LogP contribution in [0.3, 0.4) is 0 Å². The third kappa shape index (κ3) is 31.3. The number of aliphatic hydroxyl groups is 1. The molecule has 0 amide bonds. The van der Waals surface area contributed by atoms with E-state index in [-0.39, 0.29) is 236 Å². The molecule has 4 fully saturated rings. The number of benzene rings is 8. The van der Waals surface area contributed by atoms with Gasteiger partial charge >= 0.3 is 161 Å². The minimum atomic E-state index is -0.447. The first-order valence-corrected chi connectivity index (χ1v) is 42.5. The molecule has 595 valence electrons. The van der Waals surface area contributed by atoms with Crippen LogP contribution in [0.5, 0.6) is 5.75 Å². The van der Waals surface area contributed by atoms with Crippen molar-refractivity contribution in [3.63, 3.8) is 0 Å². The molecule has 3 radical (unpaired) electrons. The zero-order chi connectivity index (χ0) is 82.3. The van der Waals surface area contributed by atoms with Crippen molar-refractivity contribution in [2.24, 2.45) is 0 Å². The average Bonchev–Trinajstić information content (AvgIpc) is 1.64. The topological polar surface area (TPSA) is 206 Å². The van der Waals surface area contributed by atoms with E-state index in [2.05, 4.69) is 273 Å². The molecule has 31 heteroatoms. The first-order chi connectivity index (χ1) is 51.7. The third-order valence-electron chi connectivity index (χ3n) is 20.5. The molecule has 4 saturated heterocycles. The van der Waals surface area contributed by atoms with E-state index in [9.17, 15) is 9.90 Å². The van der Waals surface area contributed by atoms with Crippen molar-refractivity contribution in [3.8, 4) is 11.8 Å². The van der Waals surface area contributed by atoms with Crippen LogP contribution in [-0.4, -0.2) is 105 Å². The van der Waals surface area contributed by atoms with E-state index < -0.39 is 14.0 Å². The average molecular weight is 1980 g/mol. The molecule has 0 saturated carbocycles. The van der Waals surface area contributed by atoms with Crippen LogP contribution in [0.4, 0.5) is 0 Å². The molecular weight excluding hydrogens is 1880 g/mol. The van der Waals surface area contributed by atoms with Crippen molar-refractivity contribution in [1.82, 2.24) is 4.98 Å². The van der Waals surface area contributed by atoms with Gasteiger partial charge in [0.15, 0.2) is 11.8 Å². The van der Waals surface area contributed by atoms with E-state index in [1.165, 1.54) is 32.8 Å². The molecule has 0 aliphatic carbocycles. The number of thiazole rings is 1. The second-order valence-corrected chi connectivity index (χ2v) is 46.6. The second-order valence-electron chi connectivity index (χ2n) is 30.8. The number of halogens is 5. The summed E-state index contributed by atoms with van der Waals surface area (Å²) in [5.41, 5.74) is 6.16. The Labute approximate surface area is 842 Å². The van der Waals surface area contributed by atoms with E-state index >= 15 is 0 Å². The summed E-state index contributed by atoms with van der Waals surface area (Å²) in [6.45, 7) is 40.0. The van der Waals surface area contributed by atoms with Gasteiger partial charge < -0.3 is 60.1 Å². The number of rotatable bonds is 14. The zero-order valence-electron chi connectivity index (χ0n) is 72.2. The first-order valence-electron chi connectivity index (χ1n) is 36.3. The minimum absolute atomic E-state index is 0. The van der Waals surface area contributed by atoms with Gasteiger partial charge in [-0.3, -0.25) is 9.59 Å².